The number of fused-ring (bicyclic) bond motifs is 1. The van der Waals surface area contributed by atoms with Crippen molar-refractivity contribution in [3.8, 4) is 11.6 Å². The highest BCUT2D eigenvalue weighted by molar-refractivity contribution is 6.05. The van der Waals surface area contributed by atoms with Gasteiger partial charge in [0.1, 0.15) is 11.6 Å². The number of methoxy groups -OCH3 is 1. The highest BCUT2D eigenvalue weighted by Gasteiger charge is 2.14. The third-order valence-corrected chi connectivity index (χ3v) is 3.19. The molecule has 22 heavy (non-hydrogen) atoms. The lowest BCUT2D eigenvalue weighted by Gasteiger charge is -2.10. The summed E-state index contributed by atoms with van der Waals surface area (Å²) in [7, 11) is 1.32. The molecule has 1 heterocycles. The zero-order valence-electron chi connectivity index (χ0n) is 11.7. The number of rotatable bonds is 3. The van der Waals surface area contributed by atoms with Crippen LogP contribution in [-0.2, 0) is 4.74 Å². The Bertz CT molecular complexity index is 831. The molecule has 0 N–H and O–H groups in total. The highest BCUT2D eigenvalue weighted by Crippen LogP contribution is 2.30. The molecule has 4 nitrogen and oxygen atoms in total. The van der Waals surface area contributed by atoms with E-state index >= 15 is 0 Å². The van der Waals surface area contributed by atoms with Crippen LogP contribution in [0.1, 0.15) is 10.4 Å². The quantitative estimate of drug-likeness (QED) is 0.687. The fraction of sp³-hybridized carbons (Fsp3) is 0.0588. The van der Waals surface area contributed by atoms with Gasteiger partial charge in [0, 0.05) is 17.0 Å². The van der Waals surface area contributed by atoms with E-state index in [-0.39, 0.29) is 5.82 Å². The van der Waals surface area contributed by atoms with Crippen LogP contribution in [0.2, 0.25) is 0 Å². The van der Waals surface area contributed by atoms with Crippen LogP contribution in [0.25, 0.3) is 10.8 Å². The maximum Gasteiger partial charge on any atom is 0.340 e. The van der Waals surface area contributed by atoms with Crippen LogP contribution in [0, 0.1) is 5.82 Å². The average molecular weight is 297 g/mol. The molecule has 0 spiro atoms. The van der Waals surface area contributed by atoms with E-state index in [0.29, 0.717) is 28.0 Å². The van der Waals surface area contributed by atoms with Gasteiger partial charge in [-0.2, -0.15) is 0 Å². The van der Waals surface area contributed by atoms with Crippen molar-refractivity contribution in [2.45, 2.75) is 0 Å². The summed E-state index contributed by atoms with van der Waals surface area (Å²) in [5.41, 5.74) is 0.365. The fourth-order valence-corrected chi connectivity index (χ4v) is 2.13. The number of ether oxygens (including phenoxy) is 2. The zero-order chi connectivity index (χ0) is 15.5. The van der Waals surface area contributed by atoms with E-state index < -0.39 is 5.97 Å². The normalized spacial score (nSPS) is 10.5. The molecule has 0 saturated carbocycles. The minimum absolute atomic E-state index is 0.341. The molecule has 5 heteroatoms. The Morgan fingerprint density at radius 2 is 1.73 bits per heavy atom. The van der Waals surface area contributed by atoms with Crippen molar-refractivity contribution >= 4 is 16.7 Å². The molecule has 3 aromatic rings. The van der Waals surface area contributed by atoms with Gasteiger partial charge >= 0.3 is 5.97 Å². The third-order valence-electron chi connectivity index (χ3n) is 3.19. The van der Waals surface area contributed by atoms with Gasteiger partial charge in [0.15, 0.2) is 0 Å². The second kappa shape index (κ2) is 5.81. The molecule has 2 aromatic carbocycles. The number of esters is 1. The molecular weight excluding hydrogens is 285 g/mol. The van der Waals surface area contributed by atoms with Crippen LogP contribution in [0.4, 0.5) is 4.39 Å². The minimum Gasteiger partial charge on any atom is -0.465 e. The predicted octanol–water partition coefficient (Wildman–Crippen LogP) is 3.95. The Kier molecular flexibility index (Phi) is 3.70. The number of pyridine rings is 1. The average Bonchev–Trinajstić information content (AvgIpc) is 2.56. The lowest BCUT2D eigenvalue weighted by atomic mass is 10.1. The van der Waals surface area contributed by atoms with Crippen molar-refractivity contribution in [3.63, 3.8) is 0 Å². The lowest BCUT2D eigenvalue weighted by molar-refractivity contribution is 0.0602. The maximum atomic E-state index is 12.9. The van der Waals surface area contributed by atoms with E-state index in [1.54, 1.807) is 12.1 Å². The van der Waals surface area contributed by atoms with E-state index in [9.17, 15) is 9.18 Å². The first kappa shape index (κ1) is 14.0. The van der Waals surface area contributed by atoms with Crippen LogP contribution in [-0.4, -0.2) is 18.1 Å². The van der Waals surface area contributed by atoms with Crippen molar-refractivity contribution in [2.24, 2.45) is 0 Å². The first-order chi connectivity index (χ1) is 10.7. The number of halogens is 1. The Morgan fingerprint density at radius 3 is 2.41 bits per heavy atom. The number of benzene rings is 2. The number of aromatic nitrogens is 1. The van der Waals surface area contributed by atoms with Crippen molar-refractivity contribution in [1.82, 2.24) is 4.98 Å². The topological polar surface area (TPSA) is 48.4 Å². The van der Waals surface area contributed by atoms with Crippen LogP contribution < -0.4 is 4.74 Å². The lowest BCUT2D eigenvalue weighted by Crippen LogP contribution is -2.03. The van der Waals surface area contributed by atoms with E-state index in [0.717, 1.165) is 0 Å². The molecule has 0 aliphatic heterocycles. The summed E-state index contributed by atoms with van der Waals surface area (Å²) in [5.74, 6) is 0.00275. The standard InChI is InChI=1S/C17H12FNO3/c1-21-17(20)15-10-19-16(14-5-3-2-4-13(14)15)22-12-8-6-11(18)7-9-12/h2-10H,1H3. The van der Waals surface area contributed by atoms with Gasteiger partial charge in [0.25, 0.3) is 0 Å². The Labute approximate surface area is 126 Å². The second-order valence-corrected chi connectivity index (χ2v) is 4.57. The molecule has 3 rings (SSSR count). The van der Waals surface area contributed by atoms with Gasteiger partial charge in [-0.1, -0.05) is 18.2 Å². The molecule has 0 fully saturated rings. The molecule has 0 bridgehead atoms. The van der Waals surface area contributed by atoms with Crippen LogP contribution in [0.15, 0.2) is 54.7 Å². The van der Waals surface area contributed by atoms with Crippen molar-refractivity contribution in [1.29, 1.82) is 0 Å². The summed E-state index contributed by atoms with van der Waals surface area (Å²) in [6.07, 6.45) is 1.41. The summed E-state index contributed by atoms with van der Waals surface area (Å²) in [6, 6.07) is 12.9. The summed E-state index contributed by atoms with van der Waals surface area (Å²) < 4.78 is 23.4. The predicted molar refractivity (Wildman–Crippen MR) is 79.6 cm³/mol. The first-order valence-electron chi connectivity index (χ1n) is 6.58. The number of hydrogen-bond acceptors (Lipinski definition) is 4. The Morgan fingerprint density at radius 1 is 1.05 bits per heavy atom. The van der Waals surface area contributed by atoms with Gasteiger partial charge in [-0.15, -0.1) is 0 Å². The van der Waals surface area contributed by atoms with Gasteiger partial charge in [-0.25, -0.2) is 14.2 Å². The largest absolute Gasteiger partial charge is 0.465 e. The molecular formula is C17H12FNO3. The molecule has 0 amide bonds. The van der Waals surface area contributed by atoms with Crippen molar-refractivity contribution in [3.05, 3.63) is 66.1 Å². The summed E-state index contributed by atoms with van der Waals surface area (Å²) in [6.45, 7) is 0. The van der Waals surface area contributed by atoms with Gasteiger partial charge < -0.3 is 9.47 Å². The van der Waals surface area contributed by atoms with E-state index in [4.69, 9.17) is 9.47 Å². The second-order valence-electron chi connectivity index (χ2n) is 4.57. The van der Waals surface area contributed by atoms with Gasteiger partial charge in [0.2, 0.25) is 5.88 Å². The Balaban J connectivity index is 2.07. The smallest absolute Gasteiger partial charge is 0.340 e. The maximum absolute atomic E-state index is 12.9. The summed E-state index contributed by atoms with van der Waals surface area (Å²) in [4.78, 5) is 16.0. The number of carbonyl (C=O) groups excluding carboxylic acids is 1. The van der Waals surface area contributed by atoms with E-state index in [2.05, 4.69) is 4.98 Å². The first-order valence-corrected chi connectivity index (χ1v) is 6.58. The van der Waals surface area contributed by atoms with Crippen LogP contribution >= 0.6 is 0 Å². The summed E-state index contributed by atoms with van der Waals surface area (Å²) in [5, 5.41) is 1.36. The fourth-order valence-electron chi connectivity index (χ4n) is 2.13. The number of nitrogens with zero attached hydrogens (tertiary/aromatic N) is 1. The van der Waals surface area contributed by atoms with Gasteiger partial charge in [0.05, 0.1) is 12.7 Å². The number of hydrogen-bond donors (Lipinski definition) is 0. The van der Waals surface area contributed by atoms with Gasteiger partial charge in [-0.05, 0) is 30.3 Å². The van der Waals surface area contributed by atoms with Crippen LogP contribution in [0.5, 0.6) is 11.6 Å². The van der Waals surface area contributed by atoms with Gasteiger partial charge in [-0.3, -0.25) is 0 Å². The number of carbonyl (C=O) groups is 1. The van der Waals surface area contributed by atoms with Crippen LogP contribution in [0.3, 0.4) is 0 Å². The molecule has 0 radical (unpaired) electrons. The molecule has 1 aromatic heterocycles. The zero-order valence-corrected chi connectivity index (χ0v) is 11.7. The SMILES string of the molecule is COC(=O)c1cnc(Oc2ccc(F)cc2)c2ccccc12. The Hall–Kier alpha value is -2.95. The molecule has 0 unspecified atom stereocenters. The molecule has 0 aliphatic rings. The van der Waals surface area contributed by atoms with Crippen molar-refractivity contribution in [2.75, 3.05) is 7.11 Å². The molecule has 0 aliphatic carbocycles. The van der Waals surface area contributed by atoms with E-state index in [1.807, 2.05) is 12.1 Å². The third kappa shape index (κ3) is 2.61. The minimum atomic E-state index is -0.461. The van der Waals surface area contributed by atoms with Crippen molar-refractivity contribution < 1.29 is 18.7 Å². The molecule has 0 saturated heterocycles. The monoisotopic (exact) mass is 297 g/mol. The highest BCUT2D eigenvalue weighted by atomic mass is 19.1. The van der Waals surface area contributed by atoms with E-state index in [1.165, 1.54) is 37.6 Å². The summed E-state index contributed by atoms with van der Waals surface area (Å²) >= 11 is 0. The molecule has 0 atom stereocenters. The molecule has 110 valence electrons.